The Morgan fingerprint density at radius 3 is 2.60 bits per heavy atom. The van der Waals surface area contributed by atoms with Crippen LogP contribution in [0.15, 0.2) is 48.5 Å². The van der Waals surface area contributed by atoms with Crippen LogP contribution in [0.5, 0.6) is 0 Å². The summed E-state index contributed by atoms with van der Waals surface area (Å²) in [5, 5.41) is 3.71. The molecule has 160 valence electrons. The Labute approximate surface area is 184 Å². The summed E-state index contributed by atoms with van der Waals surface area (Å²) in [5.41, 5.74) is 3.31. The van der Waals surface area contributed by atoms with E-state index >= 15 is 0 Å². The molecule has 0 bridgehead atoms. The number of rotatable bonds is 11. The fourth-order valence-corrected chi connectivity index (χ4v) is 3.74. The van der Waals surface area contributed by atoms with Crippen LogP contribution in [0.3, 0.4) is 0 Å². The summed E-state index contributed by atoms with van der Waals surface area (Å²) in [6.45, 7) is 6.27. The average molecular weight is 426 g/mol. The first-order valence-electron chi connectivity index (χ1n) is 11.0. The van der Waals surface area contributed by atoms with Crippen LogP contribution in [0.1, 0.15) is 50.9 Å². The van der Waals surface area contributed by atoms with Crippen molar-refractivity contribution in [3.05, 3.63) is 64.9 Å². The van der Waals surface area contributed by atoms with E-state index in [1.807, 2.05) is 24.3 Å². The minimum Gasteiger partial charge on any atom is -0.356 e. The quantitative estimate of drug-likeness (QED) is 0.394. The number of aromatic nitrogens is 2. The van der Waals surface area contributed by atoms with Gasteiger partial charge < -0.3 is 9.88 Å². The van der Waals surface area contributed by atoms with Gasteiger partial charge in [0.1, 0.15) is 5.82 Å². The minimum absolute atomic E-state index is 0.0628. The molecular formula is C25H32ClN3O. The predicted molar refractivity (Wildman–Crippen MR) is 125 cm³/mol. The number of unbranched alkanes of at least 4 members (excludes halogenated alkanes) is 2. The van der Waals surface area contributed by atoms with E-state index in [2.05, 4.69) is 48.0 Å². The summed E-state index contributed by atoms with van der Waals surface area (Å²) in [6.07, 6.45) is 5.68. The van der Waals surface area contributed by atoms with Crippen molar-refractivity contribution < 1.29 is 4.79 Å². The molecule has 0 saturated carbocycles. The van der Waals surface area contributed by atoms with Crippen LogP contribution in [-0.2, 0) is 24.2 Å². The van der Waals surface area contributed by atoms with Crippen molar-refractivity contribution in [3.63, 3.8) is 0 Å². The molecule has 0 aliphatic carbocycles. The Balaban J connectivity index is 1.42. The molecule has 0 aliphatic heterocycles. The number of benzene rings is 2. The smallest absolute Gasteiger partial charge is 0.224 e. The highest BCUT2D eigenvalue weighted by Gasteiger charge is 2.10. The Bertz CT molecular complexity index is 947. The number of halogens is 1. The molecule has 3 aromatic rings. The van der Waals surface area contributed by atoms with Gasteiger partial charge in [-0.1, -0.05) is 56.1 Å². The van der Waals surface area contributed by atoms with Crippen LogP contribution in [-0.4, -0.2) is 22.0 Å². The van der Waals surface area contributed by atoms with E-state index in [0.717, 1.165) is 56.3 Å². The zero-order valence-corrected chi connectivity index (χ0v) is 18.8. The van der Waals surface area contributed by atoms with Gasteiger partial charge in [0, 0.05) is 24.5 Å². The third kappa shape index (κ3) is 6.60. The molecule has 30 heavy (non-hydrogen) atoms. The van der Waals surface area contributed by atoms with Crippen molar-refractivity contribution in [2.75, 3.05) is 6.54 Å². The Hall–Kier alpha value is -2.33. The number of carbonyl (C=O) groups excluding carboxylic acids is 1. The van der Waals surface area contributed by atoms with Gasteiger partial charge in [-0.05, 0) is 55.0 Å². The molecule has 1 heterocycles. The van der Waals surface area contributed by atoms with E-state index in [0.29, 0.717) is 17.4 Å². The molecule has 4 nitrogen and oxygen atoms in total. The van der Waals surface area contributed by atoms with Gasteiger partial charge in [0.15, 0.2) is 0 Å². The first-order valence-corrected chi connectivity index (χ1v) is 11.4. The number of fused-ring (bicyclic) bond motifs is 1. The third-order valence-electron chi connectivity index (χ3n) is 5.34. The van der Waals surface area contributed by atoms with Gasteiger partial charge in [-0.2, -0.15) is 0 Å². The van der Waals surface area contributed by atoms with Gasteiger partial charge in [0.05, 0.1) is 17.5 Å². The summed E-state index contributed by atoms with van der Waals surface area (Å²) in [6, 6.07) is 15.8. The van der Waals surface area contributed by atoms with E-state index in [4.69, 9.17) is 16.6 Å². The summed E-state index contributed by atoms with van der Waals surface area (Å²) in [5.74, 6) is 1.92. The first kappa shape index (κ1) is 22.4. The lowest BCUT2D eigenvalue weighted by Gasteiger charge is -2.11. The van der Waals surface area contributed by atoms with Gasteiger partial charge in [-0.3, -0.25) is 4.79 Å². The summed E-state index contributed by atoms with van der Waals surface area (Å²) >= 11 is 5.88. The van der Waals surface area contributed by atoms with Crippen LogP contribution < -0.4 is 5.32 Å². The molecular weight excluding hydrogens is 394 g/mol. The largest absolute Gasteiger partial charge is 0.356 e. The maximum atomic E-state index is 12.1. The number of nitrogens with zero attached hydrogens (tertiary/aromatic N) is 2. The van der Waals surface area contributed by atoms with E-state index in [1.165, 1.54) is 11.3 Å². The zero-order chi connectivity index (χ0) is 21.3. The molecule has 0 saturated heterocycles. The molecule has 1 aromatic heterocycles. The number of hydrogen-bond donors (Lipinski definition) is 1. The van der Waals surface area contributed by atoms with Gasteiger partial charge >= 0.3 is 0 Å². The van der Waals surface area contributed by atoms with Crippen LogP contribution >= 0.6 is 11.6 Å². The maximum absolute atomic E-state index is 12.1. The topological polar surface area (TPSA) is 46.9 Å². The van der Waals surface area contributed by atoms with Crippen LogP contribution in [0.4, 0.5) is 0 Å². The van der Waals surface area contributed by atoms with Gasteiger partial charge in [0.25, 0.3) is 0 Å². The normalized spacial score (nSPS) is 11.3. The highest BCUT2D eigenvalue weighted by Crippen LogP contribution is 2.19. The molecule has 0 unspecified atom stereocenters. The fourth-order valence-electron chi connectivity index (χ4n) is 3.62. The molecule has 0 atom stereocenters. The van der Waals surface area contributed by atoms with Crippen molar-refractivity contribution in [1.29, 1.82) is 0 Å². The number of carbonyl (C=O) groups is 1. The fraction of sp³-hybridized carbons (Fsp3) is 0.440. The standard InChI is InChI=1S/C25H32ClN3O/c1-19(2)15-17-29-23-9-6-5-8-22(23)28-24(29)10-4-3-7-16-27-25(30)18-20-11-13-21(26)14-12-20/h5-6,8-9,11-14,19H,3-4,7,10,15-18H2,1-2H3,(H,27,30). The van der Waals surface area contributed by atoms with Crippen LogP contribution in [0, 0.1) is 5.92 Å². The maximum Gasteiger partial charge on any atom is 0.224 e. The van der Waals surface area contributed by atoms with E-state index in [1.54, 1.807) is 0 Å². The van der Waals surface area contributed by atoms with Gasteiger partial charge in [-0.25, -0.2) is 4.98 Å². The molecule has 0 spiro atoms. The predicted octanol–water partition coefficient (Wildman–Crippen LogP) is 5.81. The number of nitrogens with one attached hydrogen (secondary N) is 1. The van der Waals surface area contributed by atoms with Crippen molar-refractivity contribution in [2.45, 2.75) is 58.9 Å². The molecule has 3 rings (SSSR count). The van der Waals surface area contributed by atoms with E-state index < -0.39 is 0 Å². The summed E-state index contributed by atoms with van der Waals surface area (Å²) in [7, 11) is 0. The molecule has 0 aliphatic rings. The second-order valence-corrected chi connectivity index (χ2v) is 8.75. The van der Waals surface area contributed by atoms with E-state index in [-0.39, 0.29) is 5.91 Å². The number of amides is 1. The molecule has 2 aromatic carbocycles. The molecule has 1 N–H and O–H groups in total. The van der Waals surface area contributed by atoms with Crippen molar-refractivity contribution >= 4 is 28.5 Å². The SMILES string of the molecule is CC(C)CCn1c(CCCCCNC(=O)Cc2ccc(Cl)cc2)nc2ccccc21. The zero-order valence-electron chi connectivity index (χ0n) is 18.0. The number of hydrogen-bond acceptors (Lipinski definition) is 2. The monoisotopic (exact) mass is 425 g/mol. The second kappa shape index (κ2) is 11.2. The molecule has 0 radical (unpaired) electrons. The number of aryl methyl sites for hydroxylation is 2. The Kier molecular flexibility index (Phi) is 8.32. The summed E-state index contributed by atoms with van der Waals surface area (Å²) in [4.78, 5) is 16.9. The second-order valence-electron chi connectivity index (χ2n) is 8.31. The van der Waals surface area contributed by atoms with Crippen molar-refractivity contribution in [2.24, 2.45) is 5.92 Å². The van der Waals surface area contributed by atoms with Crippen LogP contribution in [0.25, 0.3) is 11.0 Å². The molecule has 5 heteroatoms. The van der Waals surface area contributed by atoms with Gasteiger partial charge in [0.2, 0.25) is 5.91 Å². The highest BCUT2D eigenvalue weighted by atomic mass is 35.5. The van der Waals surface area contributed by atoms with Crippen LogP contribution in [0.2, 0.25) is 5.02 Å². The lowest BCUT2D eigenvalue weighted by atomic mass is 10.1. The average Bonchev–Trinajstić information content (AvgIpc) is 3.08. The van der Waals surface area contributed by atoms with Crippen molar-refractivity contribution in [1.82, 2.24) is 14.9 Å². The number of para-hydroxylation sites is 2. The molecule has 0 fully saturated rings. The Morgan fingerprint density at radius 1 is 1.07 bits per heavy atom. The lowest BCUT2D eigenvalue weighted by Crippen LogP contribution is -2.26. The minimum atomic E-state index is 0.0628. The Morgan fingerprint density at radius 2 is 1.83 bits per heavy atom. The summed E-state index contributed by atoms with van der Waals surface area (Å²) < 4.78 is 2.39. The van der Waals surface area contributed by atoms with Crippen molar-refractivity contribution in [3.8, 4) is 0 Å². The molecule has 1 amide bonds. The first-order chi connectivity index (χ1) is 14.5. The lowest BCUT2D eigenvalue weighted by molar-refractivity contribution is -0.120. The van der Waals surface area contributed by atoms with Gasteiger partial charge in [-0.15, -0.1) is 0 Å². The van der Waals surface area contributed by atoms with E-state index in [9.17, 15) is 4.79 Å². The third-order valence-corrected chi connectivity index (χ3v) is 5.59. The highest BCUT2D eigenvalue weighted by molar-refractivity contribution is 6.30. The number of imidazole rings is 1.